The van der Waals surface area contributed by atoms with Gasteiger partial charge < -0.3 is 10.6 Å². The summed E-state index contributed by atoms with van der Waals surface area (Å²) < 4.78 is 26.0. The number of hydrogen-bond donors (Lipinski definition) is 2. The number of anilines is 2. The molecule has 2 aromatic carbocycles. The second-order valence-electron chi connectivity index (χ2n) is 4.04. The highest BCUT2D eigenvalue weighted by atomic mass is 35.5. The first-order valence-electron chi connectivity index (χ1n) is 5.79. The first kappa shape index (κ1) is 14.3. The van der Waals surface area contributed by atoms with Crippen LogP contribution in [0.5, 0.6) is 0 Å². The molecule has 6 heteroatoms. The van der Waals surface area contributed by atoms with Crippen molar-refractivity contribution in [3.63, 3.8) is 0 Å². The molecule has 0 spiro atoms. The fourth-order valence-corrected chi connectivity index (χ4v) is 1.76. The van der Waals surface area contributed by atoms with Crippen molar-refractivity contribution < 1.29 is 13.6 Å². The first-order valence-corrected chi connectivity index (χ1v) is 6.17. The van der Waals surface area contributed by atoms with Crippen LogP contribution in [0.15, 0.2) is 42.5 Å². The Kier molecular flexibility index (Phi) is 4.53. The van der Waals surface area contributed by atoms with Crippen LogP contribution in [0.3, 0.4) is 0 Å². The van der Waals surface area contributed by atoms with E-state index in [0.717, 1.165) is 6.07 Å². The molecular weight excluding hydrogens is 286 g/mol. The maximum absolute atomic E-state index is 13.3. The summed E-state index contributed by atoms with van der Waals surface area (Å²) in [5.74, 6) is -1.96. The van der Waals surface area contributed by atoms with Gasteiger partial charge in [0.1, 0.15) is 11.6 Å². The number of nitrogens with one attached hydrogen (secondary N) is 2. The van der Waals surface area contributed by atoms with Gasteiger partial charge in [0.25, 0.3) is 0 Å². The van der Waals surface area contributed by atoms with Crippen LogP contribution in [0.2, 0.25) is 5.02 Å². The Morgan fingerprint density at radius 2 is 1.95 bits per heavy atom. The standard InChI is InChI=1S/C14H11ClF2N2O/c15-9-2-1-3-11(6-9)18-8-14(20)19-13-5-4-10(16)7-12(13)17/h1-7,18H,8H2,(H,19,20). The zero-order chi connectivity index (χ0) is 14.5. The molecule has 0 bridgehead atoms. The Hall–Kier alpha value is -2.14. The average Bonchev–Trinajstić information content (AvgIpc) is 2.40. The normalized spacial score (nSPS) is 10.2. The molecule has 0 heterocycles. The van der Waals surface area contributed by atoms with Crippen molar-refractivity contribution >= 4 is 28.9 Å². The van der Waals surface area contributed by atoms with Crippen LogP contribution < -0.4 is 10.6 Å². The largest absolute Gasteiger partial charge is 0.376 e. The van der Waals surface area contributed by atoms with E-state index in [0.29, 0.717) is 16.8 Å². The van der Waals surface area contributed by atoms with Gasteiger partial charge in [-0.3, -0.25) is 4.79 Å². The lowest BCUT2D eigenvalue weighted by molar-refractivity contribution is -0.114. The molecular formula is C14H11ClF2N2O. The number of amides is 1. The molecule has 0 fully saturated rings. The third kappa shape index (κ3) is 3.93. The summed E-state index contributed by atoms with van der Waals surface area (Å²) in [6.45, 7) is -0.0584. The fourth-order valence-electron chi connectivity index (χ4n) is 1.57. The van der Waals surface area contributed by atoms with Crippen LogP contribution in [-0.4, -0.2) is 12.5 Å². The second kappa shape index (κ2) is 6.34. The maximum atomic E-state index is 13.3. The average molecular weight is 297 g/mol. The Balaban J connectivity index is 1.92. The zero-order valence-electron chi connectivity index (χ0n) is 10.3. The molecule has 0 aliphatic carbocycles. The molecule has 2 aromatic rings. The van der Waals surface area contributed by atoms with Crippen molar-refractivity contribution in [2.24, 2.45) is 0 Å². The summed E-state index contributed by atoms with van der Waals surface area (Å²) in [4.78, 5) is 11.6. The Labute approximate surface area is 119 Å². The summed E-state index contributed by atoms with van der Waals surface area (Å²) >= 11 is 5.80. The van der Waals surface area contributed by atoms with Crippen LogP contribution in [0, 0.1) is 11.6 Å². The number of benzene rings is 2. The molecule has 1 amide bonds. The van der Waals surface area contributed by atoms with Gasteiger partial charge in [-0.1, -0.05) is 17.7 Å². The van der Waals surface area contributed by atoms with E-state index in [4.69, 9.17) is 11.6 Å². The van der Waals surface area contributed by atoms with Crippen molar-refractivity contribution in [3.8, 4) is 0 Å². The molecule has 2 N–H and O–H groups in total. The minimum Gasteiger partial charge on any atom is -0.376 e. The highest BCUT2D eigenvalue weighted by Gasteiger charge is 2.07. The number of carbonyl (C=O) groups excluding carboxylic acids is 1. The predicted molar refractivity (Wildman–Crippen MR) is 74.9 cm³/mol. The molecule has 0 aliphatic rings. The highest BCUT2D eigenvalue weighted by Crippen LogP contribution is 2.16. The van der Waals surface area contributed by atoms with E-state index >= 15 is 0 Å². The first-order chi connectivity index (χ1) is 9.54. The molecule has 104 valence electrons. The van der Waals surface area contributed by atoms with E-state index in [-0.39, 0.29) is 12.2 Å². The number of halogens is 3. The van der Waals surface area contributed by atoms with E-state index in [1.165, 1.54) is 6.07 Å². The van der Waals surface area contributed by atoms with Gasteiger partial charge in [0.2, 0.25) is 5.91 Å². The van der Waals surface area contributed by atoms with Crippen LogP contribution >= 0.6 is 11.6 Å². The molecule has 2 rings (SSSR count). The SMILES string of the molecule is O=C(CNc1cccc(Cl)c1)Nc1ccc(F)cc1F. The lowest BCUT2D eigenvalue weighted by Gasteiger charge is -2.08. The number of rotatable bonds is 4. The van der Waals surface area contributed by atoms with Gasteiger partial charge >= 0.3 is 0 Å². The molecule has 0 saturated heterocycles. The van der Waals surface area contributed by atoms with Crippen molar-refractivity contribution in [1.29, 1.82) is 0 Å². The van der Waals surface area contributed by atoms with E-state index in [2.05, 4.69) is 10.6 Å². The van der Waals surface area contributed by atoms with E-state index in [1.807, 2.05) is 0 Å². The summed E-state index contributed by atoms with van der Waals surface area (Å²) in [5, 5.41) is 5.73. The molecule has 0 atom stereocenters. The van der Waals surface area contributed by atoms with Crippen molar-refractivity contribution in [2.45, 2.75) is 0 Å². The van der Waals surface area contributed by atoms with Gasteiger partial charge in [0, 0.05) is 16.8 Å². The van der Waals surface area contributed by atoms with Crippen molar-refractivity contribution in [2.75, 3.05) is 17.2 Å². The van der Waals surface area contributed by atoms with E-state index in [1.54, 1.807) is 24.3 Å². The third-order valence-corrected chi connectivity index (χ3v) is 2.72. The smallest absolute Gasteiger partial charge is 0.243 e. The van der Waals surface area contributed by atoms with Crippen LogP contribution in [0.1, 0.15) is 0 Å². The van der Waals surface area contributed by atoms with E-state index in [9.17, 15) is 13.6 Å². The quantitative estimate of drug-likeness (QED) is 0.904. The van der Waals surface area contributed by atoms with Gasteiger partial charge in [-0.25, -0.2) is 8.78 Å². The summed E-state index contributed by atoms with van der Waals surface area (Å²) in [5.41, 5.74) is 0.608. The van der Waals surface area contributed by atoms with Gasteiger partial charge in [0.05, 0.1) is 12.2 Å². The lowest BCUT2D eigenvalue weighted by atomic mass is 10.3. The zero-order valence-corrected chi connectivity index (χ0v) is 11.0. The number of hydrogen-bond acceptors (Lipinski definition) is 2. The second-order valence-corrected chi connectivity index (χ2v) is 4.47. The fraction of sp³-hybridized carbons (Fsp3) is 0.0714. The molecule has 3 nitrogen and oxygen atoms in total. The Bertz CT molecular complexity index is 634. The Morgan fingerprint density at radius 3 is 2.65 bits per heavy atom. The summed E-state index contributed by atoms with van der Waals surface area (Å²) in [6, 6.07) is 9.80. The van der Waals surface area contributed by atoms with Crippen LogP contribution in [0.25, 0.3) is 0 Å². The highest BCUT2D eigenvalue weighted by molar-refractivity contribution is 6.30. The van der Waals surface area contributed by atoms with E-state index < -0.39 is 17.5 Å². The minimum atomic E-state index is -0.818. The predicted octanol–water partition coefficient (Wildman–Crippen LogP) is 3.67. The molecule has 0 radical (unpaired) electrons. The molecule has 0 aromatic heterocycles. The summed E-state index contributed by atoms with van der Waals surface area (Å²) in [7, 11) is 0. The third-order valence-electron chi connectivity index (χ3n) is 2.48. The topological polar surface area (TPSA) is 41.1 Å². The molecule has 0 saturated carbocycles. The van der Waals surface area contributed by atoms with Crippen molar-refractivity contribution in [3.05, 3.63) is 59.1 Å². The van der Waals surface area contributed by atoms with Gasteiger partial charge in [0.15, 0.2) is 0 Å². The number of carbonyl (C=O) groups is 1. The Morgan fingerprint density at radius 1 is 1.15 bits per heavy atom. The maximum Gasteiger partial charge on any atom is 0.243 e. The molecule has 0 unspecified atom stereocenters. The molecule has 0 aliphatic heterocycles. The van der Waals surface area contributed by atoms with Crippen molar-refractivity contribution in [1.82, 2.24) is 0 Å². The van der Waals surface area contributed by atoms with Gasteiger partial charge in [-0.15, -0.1) is 0 Å². The van der Waals surface area contributed by atoms with Gasteiger partial charge in [-0.2, -0.15) is 0 Å². The molecule has 20 heavy (non-hydrogen) atoms. The lowest BCUT2D eigenvalue weighted by Crippen LogP contribution is -2.22. The van der Waals surface area contributed by atoms with Crippen LogP contribution in [-0.2, 0) is 4.79 Å². The monoisotopic (exact) mass is 296 g/mol. The van der Waals surface area contributed by atoms with Gasteiger partial charge in [-0.05, 0) is 30.3 Å². The summed E-state index contributed by atoms with van der Waals surface area (Å²) in [6.07, 6.45) is 0. The minimum absolute atomic E-state index is 0.0584. The van der Waals surface area contributed by atoms with Crippen LogP contribution in [0.4, 0.5) is 20.2 Å².